The maximum Gasteiger partial charge on any atom is 0.0700 e. The van der Waals surface area contributed by atoms with Gasteiger partial charge >= 0.3 is 0 Å². The summed E-state index contributed by atoms with van der Waals surface area (Å²) in [5.74, 6) is 0. The predicted molar refractivity (Wildman–Crippen MR) is 28.1 cm³/mol. The summed E-state index contributed by atoms with van der Waals surface area (Å²) < 4.78 is 0. The standard InChI is InChI=1S/C4H12N2O/c1-4(2)5-3-6-7/h4-7H,3H2,1-2H3. The average Bonchev–Trinajstić information content (AvgIpc) is 1.61. The van der Waals surface area contributed by atoms with E-state index in [1.54, 1.807) is 0 Å². The van der Waals surface area contributed by atoms with Crippen LogP contribution in [0.5, 0.6) is 0 Å². The van der Waals surface area contributed by atoms with E-state index in [1.807, 2.05) is 19.3 Å². The van der Waals surface area contributed by atoms with Crippen LogP contribution in [-0.2, 0) is 0 Å². The first-order chi connectivity index (χ1) is 3.27. The van der Waals surface area contributed by atoms with Crippen molar-refractivity contribution in [2.24, 2.45) is 0 Å². The highest BCUT2D eigenvalue weighted by molar-refractivity contribution is 4.45. The van der Waals surface area contributed by atoms with Crippen LogP contribution < -0.4 is 10.8 Å². The first-order valence-electron chi connectivity index (χ1n) is 2.37. The van der Waals surface area contributed by atoms with Crippen molar-refractivity contribution in [3.63, 3.8) is 0 Å². The van der Waals surface area contributed by atoms with Crippen molar-refractivity contribution < 1.29 is 5.21 Å². The highest BCUT2D eigenvalue weighted by Gasteiger charge is 1.85. The molecule has 0 atom stereocenters. The molecule has 0 saturated carbocycles. The summed E-state index contributed by atoms with van der Waals surface area (Å²) in [4.78, 5) is 0. The van der Waals surface area contributed by atoms with Gasteiger partial charge in [-0.25, -0.2) is 0 Å². The van der Waals surface area contributed by atoms with Gasteiger partial charge in [-0.3, -0.25) is 0 Å². The van der Waals surface area contributed by atoms with E-state index in [9.17, 15) is 0 Å². The second kappa shape index (κ2) is 4.05. The molecule has 0 fully saturated rings. The Morgan fingerprint density at radius 1 is 1.57 bits per heavy atom. The molecule has 0 saturated heterocycles. The van der Waals surface area contributed by atoms with Gasteiger partial charge in [0.15, 0.2) is 0 Å². The summed E-state index contributed by atoms with van der Waals surface area (Å²) in [7, 11) is 0. The molecule has 0 aromatic heterocycles. The molecule has 0 aliphatic heterocycles. The first kappa shape index (κ1) is 6.88. The zero-order chi connectivity index (χ0) is 5.70. The van der Waals surface area contributed by atoms with Crippen LogP contribution in [0.25, 0.3) is 0 Å². The molecule has 0 aromatic rings. The molecule has 44 valence electrons. The minimum Gasteiger partial charge on any atom is -0.316 e. The fraction of sp³-hybridized carbons (Fsp3) is 1.00. The summed E-state index contributed by atoms with van der Waals surface area (Å²) in [5, 5.41) is 10.9. The minimum atomic E-state index is 0.430. The van der Waals surface area contributed by atoms with Gasteiger partial charge in [-0.05, 0) is 13.8 Å². The monoisotopic (exact) mass is 104 g/mol. The van der Waals surface area contributed by atoms with Crippen molar-refractivity contribution in [3.05, 3.63) is 0 Å². The minimum absolute atomic E-state index is 0.430. The quantitative estimate of drug-likeness (QED) is 0.346. The molecule has 0 bridgehead atoms. The summed E-state index contributed by atoms with van der Waals surface area (Å²) in [5.41, 5.74) is 1.99. The smallest absolute Gasteiger partial charge is 0.0700 e. The summed E-state index contributed by atoms with van der Waals surface area (Å²) in [6.07, 6.45) is 0. The second-order valence-electron chi connectivity index (χ2n) is 1.69. The molecular weight excluding hydrogens is 92.1 g/mol. The number of hydroxylamine groups is 1. The molecule has 0 aliphatic carbocycles. The lowest BCUT2D eigenvalue weighted by atomic mass is 10.4. The largest absolute Gasteiger partial charge is 0.316 e. The van der Waals surface area contributed by atoms with Crippen LogP contribution in [0.3, 0.4) is 0 Å². The van der Waals surface area contributed by atoms with Crippen molar-refractivity contribution in [3.8, 4) is 0 Å². The van der Waals surface area contributed by atoms with Crippen molar-refractivity contribution in [1.29, 1.82) is 0 Å². The third-order valence-electron chi connectivity index (χ3n) is 0.589. The second-order valence-corrected chi connectivity index (χ2v) is 1.69. The Bertz CT molecular complexity index is 38.7. The van der Waals surface area contributed by atoms with Crippen LogP contribution in [0.2, 0.25) is 0 Å². The van der Waals surface area contributed by atoms with Crippen molar-refractivity contribution in [2.75, 3.05) is 6.67 Å². The van der Waals surface area contributed by atoms with Crippen molar-refractivity contribution in [1.82, 2.24) is 10.8 Å². The van der Waals surface area contributed by atoms with Crippen LogP contribution in [0.15, 0.2) is 0 Å². The van der Waals surface area contributed by atoms with Gasteiger partial charge in [0.05, 0.1) is 6.67 Å². The normalized spacial score (nSPS) is 10.3. The number of nitrogens with one attached hydrogen (secondary N) is 2. The van der Waals surface area contributed by atoms with Crippen LogP contribution in [0.1, 0.15) is 13.8 Å². The molecule has 0 aliphatic rings. The number of hydrogen-bond donors (Lipinski definition) is 3. The Balaban J connectivity index is 2.68. The summed E-state index contributed by atoms with van der Waals surface area (Å²) in [6.45, 7) is 4.48. The van der Waals surface area contributed by atoms with Gasteiger partial charge in [0.25, 0.3) is 0 Å². The highest BCUT2D eigenvalue weighted by atomic mass is 16.5. The van der Waals surface area contributed by atoms with Gasteiger partial charge < -0.3 is 10.5 Å². The van der Waals surface area contributed by atoms with Crippen molar-refractivity contribution in [2.45, 2.75) is 19.9 Å². The predicted octanol–water partition coefficient (Wildman–Crippen LogP) is -0.0793. The number of rotatable bonds is 3. The average molecular weight is 104 g/mol. The van der Waals surface area contributed by atoms with Gasteiger partial charge in [-0.15, -0.1) is 0 Å². The van der Waals surface area contributed by atoms with Gasteiger partial charge in [-0.2, -0.15) is 5.48 Å². The Labute approximate surface area is 43.7 Å². The Hall–Kier alpha value is -0.120. The molecule has 0 spiro atoms. The van der Waals surface area contributed by atoms with E-state index in [-0.39, 0.29) is 0 Å². The molecule has 3 nitrogen and oxygen atoms in total. The van der Waals surface area contributed by atoms with E-state index in [0.29, 0.717) is 12.7 Å². The SMILES string of the molecule is CC(C)NCNO. The van der Waals surface area contributed by atoms with Gasteiger partial charge in [0, 0.05) is 6.04 Å². The maximum absolute atomic E-state index is 8.00. The lowest BCUT2D eigenvalue weighted by Gasteiger charge is -2.03. The molecule has 3 N–H and O–H groups in total. The molecule has 0 aromatic carbocycles. The topological polar surface area (TPSA) is 44.3 Å². The molecular formula is C4H12N2O. The lowest BCUT2D eigenvalue weighted by molar-refractivity contribution is 0.155. The molecule has 0 unspecified atom stereocenters. The first-order valence-corrected chi connectivity index (χ1v) is 2.37. The van der Waals surface area contributed by atoms with Gasteiger partial charge in [0.2, 0.25) is 0 Å². The van der Waals surface area contributed by atoms with E-state index < -0.39 is 0 Å². The van der Waals surface area contributed by atoms with E-state index in [0.717, 1.165) is 0 Å². The Morgan fingerprint density at radius 2 is 2.14 bits per heavy atom. The third kappa shape index (κ3) is 5.88. The van der Waals surface area contributed by atoms with Crippen LogP contribution >= 0.6 is 0 Å². The molecule has 0 rings (SSSR count). The fourth-order valence-corrected chi connectivity index (χ4v) is 0.250. The van der Waals surface area contributed by atoms with E-state index >= 15 is 0 Å². The lowest BCUT2D eigenvalue weighted by Crippen LogP contribution is -2.31. The third-order valence-corrected chi connectivity index (χ3v) is 0.589. The number of hydrogen-bond acceptors (Lipinski definition) is 3. The Morgan fingerprint density at radius 3 is 2.29 bits per heavy atom. The highest BCUT2D eigenvalue weighted by Crippen LogP contribution is 1.69. The van der Waals surface area contributed by atoms with Crippen LogP contribution in [0, 0.1) is 0 Å². The zero-order valence-corrected chi connectivity index (χ0v) is 4.73. The maximum atomic E-state index is 8.00. The van der Waals surface area contributed by atoms with Gasteiger partial charge in [0.1, 0.15) is 0 Å². The van der Waals surface area contributed by atoms with Crippen LogP contribution in [-0.4, -0.2) is 17.9 Å². The van der Waals surface area contributed by atoms with E-state index in [2.05, 4.69) is 5.32 Å². The van der Waals surface area contributed by atoms with E-state index in [4.69, 9.17) is 5.21 Å². The summed E-state index contributed by atoms with van der Waals surface area (Å²) >= 11 is 0. The zero-order valence-electron chi connectivity index (χ0n) is 4.73. The molecule has 0 amide bonds. The van der Waals surface area contributed by atoms with Gasteiger partial charge in [-0.1, -0.05) is 0 Å². The molecule has 3 heteroatoms. The van der Waals surface area contributed by atoms with E-state index in [1.165, 1.54) is 0 Å². The van der Waals surface area contributed by atoms with Crippen LogP contribution in [0.4, 0.5) is 0 Å². The molecule has 0 radical (unpaired) electrons. The fourth-order valence-electron chi connectivity index (χ4n) is 0.250. The summed E-state index contributed by atoms with van der Waals surface area (Å²) in [6, 6.07) is 0.430. The molecule has 0 heterocycles. The van der Waals surface area contributed by atoms with Crippen molar-refractivity contribution >= 4 is 0 Å². The Kier molecular flexibility index (Phi) is 3.98. The molecule has 7 heavy (non-hydrogen) atoms.